The first kappa shape index (κ1) is 14.0. The van der Waals surface area contributed by atoms with Crippen LogP contribution in [0.4, 0.5) is 11.5 Å². The second kappa shape index (κ2) is 5.66. The van der Waals surface area contributed by atoms with Gasteiger partial charge in [-0.3, -0.25) is 10.1 Å². The van der Waals surface area contributed by atoms with Gasteiger partial charge in [0.25, 0.3) is 0 Å². The smallest absolute Gasteiger partial charge is 0.348 e. The molecule has 8 heteroatoms. The van der Waals surface area contributed by atoms with Gasteiger partial charge in [-0.25, -0.2) is 9.97 Å². The van der Waals surface area contributed by atoms with Gasteiger partial charge in [0, 0.05) is 19.7 Å². The summed E-state index contributed by atoms with van der Waals surface area (Å²) in [7, 11) is 1.68. The van der Waals surface area contributed by atoms with E-state index in [0.29, 0.717) is 6.54 Å². The van der Waals surface area contributed by atoms with Crippen LogP contribution >= 0.6 is 11.6 Å². The van der Waals surface area contributed by atoms with Gasteiger partial charge >= 0.3 is 5.69 Å². The highest BCUT2D eigenvalue weighted by Gasteiger charge is 2.32. The van der Waals surface area contributed by atoms with Gasteiger partial charge < -0.3 is 9.64 Å². The second-order valence-electron chi connectivity index (χ2n) is 4.52. The first-order valence-electron chi connectivity index (χ1n) is 5.99. The summed E-state index contributed by atoms with van der Waals surface area (Å²) in [5.74, 6) is 0.284. The highest BCUT2D eigenvalue weighted by molar-refractivity contribution is 6.31. The average Bonchev–Trinajstić information content (AvgIpc) is 2.37. The molecule has 1 aliphatic rings. The molecule has 0 bridgehead atoms. The van der Waals surface area contributed by atoms with Crippen LogP contribution in [0.3, 0.4) is 0 Å². The number of piperidine rings is 1. The summed E-state index contributed by atoms with van der Waals surface area (Å²) in [4.78, 5) is 20.2. The van der Waals surface area contributed by atoms with E-state index in [1.165, 1.54) is 6.33 Å². The maximum absolute atomic E-state index is 11.1. The number of halogens is 1. The van der Waals surface area contributed by atoms with Gasteiger partial charge in [-0.2, -0.15) is 0 Å². The van der Waals surface area contributed by atoms with Gasteiger partial charge in [-0.1, -0.05) is 11.6 Å². The number of nitrogens with zero attached hydrogens (tertiary/aromatic N) is 4. The number of anilines is 1. The van der Waals surface area contributed by atoms with Gasteiger partial charge in [0.15, 0.2) is 0 Å². The minimum Gasteiger partial charge on any atom is -0.381 e. The van der Waals surface area contributed by atoms with Crippen molar-refractivity contribution in [1.29, 1.82) is 0 Å². The van der Waals surface area contributed by atoms with Crippen LogP contribution in [0.5, 0.6) is 0 Å². The quantitative estimate of drug-likeness (QED) is 0.480. The van der Waals surface area contributed by atoms with Crippen LogP contribution in [-0.4, -0.2) is 40.7 Å². The molecule has 2 atom stereocenters. The normalized spacial score (nSPS) is 23.4. The lowest BCUT2D eigenvalue weighted by Gasteiger charge is -2.37. The van der Waals surface area contributed by atoms with Crippen LogP contribution in [0.25, 0.3) is 0 Å². The third-order valence-electron chi connectivity index (χ3n) is 3.37. The van der Waals surface area contributed by atoms with Crippen molar-refractivity contribution in [3.63, 3.8) is 0 Å². The predicted molar refractivity (Wildman–Crippen MR) is 70.5 cm³/mol. The Labute approximate surface area is 115 Å². The van der Waals surface area contributed by atoms with Crippen molar-refractivity contribution in [2.45, 2.75) is 31.9 Å². The van der Waals surface area contributed by atoms with Gasteiger partial charge in [-0.15, -0.1) is 0 Å². The molecule has 0 aromatic carbocycles. The van der Waals surface area contributed by atoms with Crippen molar-refractivity contribution in [2.24, 2.45) is 0 Å². The fourth-order valence-electron chi connectivity index (χ4n) is 2.37. The van der Waals surface area contributed by atoms with Gasteiger partial charge in [0.1, 0.15) is 6.33 Å². The lowest BCUT2D eigenvalue weighted by molar-refractivity contribution is -0.384. The molecule has 1 fully saturated rings. The third kappa shape index (κ3) is 2.76. The molecule has 2 unspecified atom stereocenters. The van der Waals surface area contributed by atoms with Crippen LogP contribution in [0.15, 0.2) is 6.33 Å². The van der Waals surface area contributed by atoms with E-state index in [1.807, 2.05) is 11.8 Å². The standard InChI is InChI=1S/C11H15ClN4O3/c1-7-5-8(19-2)3-4-15(7)11-9(16(17)18)10(12)13-6-14-11/h6-8H,3-5H2,1-2H3. The molecule has 0 amide bonds. The highest BCUT2D eigenvalue weighted by atomic mass is 35.5. The fraction of sp³-hybridized carbons (Fsp3) is 0.636. The summed E-state index contributed by atoms with van der Waals surface area (Å²) in [5.41, 5.74) is -0.230. The maximum atomic E-state index is 11.1. The molecule has 19 heavy (non-hydrogen) atoms. The molecule has 7 nitrogen and oxygen atoms in total. The number of rotatable bonds is 3. The summed E-state index contributed by atoms with van der Waals surface area (Å²) >= 11 is 5.80. The third-order valence-corrected chi connectivity index (χ3v) is 3.65. The Bertz CT molecular complexity index is 485. The van der Waals surface area contributed by atoms with Crippen molar-refractivity contribution in [1.82, 2.24) is 9.97 Å². The number of methoxy groups -OCH3 is 1. The van der Waals surface area contributed by atoms with Crippen molar-refractivity contribution < 1.29 is 9.66 Å². The van der Waals surface area contributed by atoms with E-state index in [1.54, 1.807) is 7.11 Å². The molecule has 1 aromatic rings. The zero-order valence-electron chi connectivity index (χ0n) is 10.7. The number of hydrogen-bond acceptors (Lipinski definition) is 6. The van der Waals surface area contributed by atoms with E-state index in [9.17, 15) is 10.1 Å². The summed E-state index contributed by atoms with van der Waals surface area (Å²) in [5, 5.41) is 11.0. The predicted octanol–water partition coefficient (Wildman–Crippen LogP) is 2.04. The lowest BCUT2D eigenvalue weighted by atomic mass is 10.0. The Morgan fingerprint density at radius 1 is 1.58 bits per heavy atom. The molecule has 104 valence electrons. The topological polar surface area (TPSA) is 81.4 Å². The average molecular weight is 287 g/mol. The number of hydrogen-bond donors (Lipinski definition) is 0. The summed E-state index contributed by atoms with van der Waals surface area (Å²) < 4.78 is 5.33. The first-order chi connectivity index (χ1) is 9.04. The zero-order chi connectivity index (χ0) is 14.0. The van der Waals surface area contributed by atoms with E-state index in [2.05, 4.69) is 9.97 Å². The van der Waals surface area contributed by atoms with E-state index in [-0.39, 0.29) is 28.8 Å². The second-order valence-corrected chi connectivity index (χ2v) is 4.88. The molecular weight excluding hydrogens is 272 g/mol. The highest BCUT2D eigenvalue weighted by Crippen LogP contribution is 2.34. The van der Waals surface area contributed by atoms with E-state index in [0.717, 1.165) is 12.8 Å². The van der Waals surface area contributed by atoms with Gasteiger partial charge in [0.05, 0.1) is 11.0 Å². The molecular formula is C11H15ClN4O3. The summed E-state index contributed by atoms with van der Waals surface area (Å²) in [6, 6.07) is 0.100. The molecule has 1 aromatic heterocycles. The minimum absolute atomic E-state index is 0.100. The minimum atomic E-state index is -0.535. The number of nitro groups is 1. The van der Waals surface area contributed by atoms with Crippen LogP contribution in [-0.2, 0) is 4.74 Å². The van der Waals surface area contributed by atoms with Crippen molar-refractivity contribution >= 4 is 23.1 Å². The Hall–Kier alpha value is -1.47. The van der Waals surface area contributed by atoms with E-state index < -0.39 is 4.92 Å². The summed E-state index contributed by atoms with van der Waals surface area (Å²) in [6.45, 7) is 2.64. The van der Waals surface area contributed by atoms with Gasteiger partial charge in [-0.05, 0) is 19.8 Å². The molecule has 2 heterocycles. The Kier molecular flexibility index (Phi) is 4.16. The number of aromatic nitrogens is 2. The Balaban J connectivity index is 2.32. The Morgan fingerprint density at radius 2 is 2.32 bits per heavy atom. The molecule has 2 rings (SSSR count). The first-order valence-corrected chi connectivity index (χ1v) is 6.36. The SMILES string of the molecule is COC1CCN(c2ncnc(Cl)c2[N+](=O)[O-])C(C)C1. The molecule has 0 N–H and O–H groups in total. The monoisotopic (exact) mass is 286 g/mol. The fourth-order valence-corrected chi connectivity index (χ4v) is 2.57. The molecule has 1 saturated heterocycles. The molecule has 0 aliphatic carbocycles. The Morgan fingerprint density at radius 3 is 2.89 bits per heavy atom. The molecule has 0 spiro atoms. The van der Waals surface area contributed by atoms with E-state index in [4.69, 9.17) is 16.3 Å². The van der Waals surface area contributed by atoms with E-state index >= 15 is 0 Å². The largest absolute Gasteiger partial charge is 0.381 e. The summed E-state index contributed by atoms with van der Waals surface area (Å²) in [6.07, 6.45) is 3.04. The van der Waals surface area contributed by atoms with Crippen molar-refractivity contribution in [3.05, 3.63) is 21.6 Å². The van der Waals surface area contributed by atoms with Crippen molar-refractivity contribution in [3.8, 4) is 0 Å². The zero-order valence-corrected chi connectivity index (χ0v) is 11.5. The van der Waals surface area contributed by atoms with Crippen LogP contribution in [0, 0.1) is 10.1 Å². The molecule has 1 aliphatic heterocycles. The maximum Gasteiger partial charge on any atom is 0.348 e. The van der Waals surface area contributed by atoms with Gasteiger partial charge in [0.2, 0.25) is 11.0 Å². The lowest BCUT2D eigenvalue weighted by Crippen LogP contribution is -2.44. The van der Waals surface area contributed by atoms with Crippen LogP contribution in [0.2, 0.25) is 5.15 Å². The molecule has 0 saturated carbocycles. The van der Waals surface area contributed by atoms with Crippen LogP contribution in [0.1, 0.15) is 19.8 Å². The molecule has 0 radical (unpaired) electrons. The van der Waals surface area contributed by atoms with Crippen molar-refractivity contribution in [2.75, 3.05) is 18.6 Å². The number of ether oxygens (including phenoxy) is 1. The van der Waals surface area contributed by atoms with Crippen LogP contribution < -0.4 is 4.90 Å².